The highest BCUT2D eigenvalue weighted by atomic mass is 32.2. The molecular formula is C23H22N2OS. The number of nitrogens with zero attached hydrogens (tertiary/aromatic N) is 1. The van der Waals surface area contributed by atoms with Gasteiger partial charge in [0.2, 0.25) is 0 Å². The lowest BCUT2D eigenvalue weighted by molar-refractivity contribution is 0.414. The molecule has 2 atom stereocenters. The molecule has 136 valence electrons. The summed E-state index contributed by atoms with van der Waals surface area (Å²) < 4.78 is 5.23. The van der Waals surface area contributed by atoms with Crippen LogP contribution in [-0.2, 0) is 5.75 Å². The van der Waals surface area contributed by atoms with Crippen molar-refractivity contribution in [2.45, 2.75) is 17.8 Å². The van der Waals surface area contributed by atoms with Gasteiger partial charge >= 0.3 is 0 Å². The second-order valence-electron chi connectivity index (χ2n) is 6.46. The first kappa shape index (κ1) is 17.7. The zero-order valence-electron chi connectivity index (χ0n) is 15.2. The van der Waals surface area contributed by atoms with Crippen molar-refractivity contribution in [1.29, 1.82) is 0 Å². The van der Waals surface area contributed by atoms with Crippen LogP contribution in [0.1, 0.15) is 28.8 Å². The van der Waals surface area contributed by atoms with Crippen LogP contribution in [0.4, 0.5) is 0 Å². The zero-order valence-corrected chi connectivity index (χ0v) is 16.0. The van der Waals surface area contributed by atoms with Crippen LogP contribution in [-0.4, -0.2) is 12.3 Å². The Labute approximate surface area is 164 Å². The van der Waals surface area contributed by atoms with Gasteiger partial charge in [0.05, 0.1) is 13.2 Å². The fourth-order valence-corrected chi connectivity index (χ4v) is 4.14. The lowest BCUT2D eigenvalue weighted by atomic mass is 9.95. The fraction of sp³-hybridized carbons (Fsp3) is 0.174. The highest BCUT2D eigenvalue weighted by Crippen LogP contribution is 2.38. The molecule has 0 aromatic heterocycles. The van der Waals surface area contributed by atoms with Crippen molar-refractivity contribution in [3.05, 3.63) is 102 Å². The molecule has 27 heavy (non-hydrogen) atoms. The maximum atomic E-state index is 5.23. The van der Waals surface area contributed by atoms with Crippen LogP contribution in [0.15, 0.2) is 89.9 Å². The molecule has 0 amide bonds. The molecule has 1 aliphatic heterocycles. The van der Waals surface area contributed by atoms with E-state index in [1.165, 1.54) is 16.7 Å². The number of hydrogen-bond donors (Lipinski definition) is 1. The van der Waals surface area contributed by atoms with Gasteiger partial charge in [0, 0.05) is 5.75 Å². The molecule has 2 unspecified atom stereocenters. The Morgan fingerprint density at radius 3 is 2.11 bits per heavy atom. The summed E-state index contributed by atoms with van der Waals surface area (Å²) in [6, 6.07) is 29.5. The van der Waals surface area contributed by atoms with Gasteiger partial charge in [-0.2, -0.15) is 0 Å². The lowest BCUT2D eigenvalue weighted by Gasteiger charge is -2.19. The Hall–Kier alpha value is -2.72. The molecule has 1 aliphatic rings. The van der Waals surface area contributed by atoms with Gasteiger partial charge in [-0.15, -0.1) is 0 Å². The van der Waals surface area contributed by atoms with Gasteiger partial charge in [-0.1, -0.05) is 84.6 Å². The van der Waals surface area contributed by atoms with Crippen molar-refractivity contribution in [3.63, 3.8) is 0 Å². The van der Waals surface area contributed by atoms with E-state index >= 15 is 0 Å². The summed E-state index contributed by atoms with van der Waals surface area (Å²) in [6.45, 7) is 0. The van der Waals surface area contributed by atoms with Crippen molar-refractivity contribution < 1.29 is 4.74 Å². The summed E-state index contributed by atoms with van der Waals surface area (Å²) in [5.74, 6) is 1.76. The van der Waals surface area contributed by atoms with E-state index in [0.717, 1.165) is 16.7 Å². The molecule has 0 fully saturated rings. The standard InChI is InChI=1S/C23H22N2OS/c1-26-20-14-12-17(13-15-20)16-27-23-24-21(18-8-4-2-5-9-18)22(25-23)19-10-6-3-7-11-19/h2-15,21-22H,16H2,1H3,(H,24,25). The van der Waals surface area contributed by atoms with Crippen molar-refractivity contribution in [3.8, 4) is 5.75 Å². The smallest absolute Gasteiger partial charge is 0.158 e. The van der Waals surface area contributed by atoms with Crippen molar-refractivity contribution in [2.75, 3.05) is 7.11 Å². The van der Waals surface area contributed by atoms with Crippen LogP contribution < -0.4 is 10.1 Å². The van der Waals surface area contributed by atoms with Gasteiger partial charge in [-0.25, -0.2) is 0 Å². The first-order valence-corrected chi connectivity index (χ1v) is 10.0. The molecule has 4 heteroatoms. The van der Waals surface area contributed by atoms with Gasteiger partial charge in [-0.05, 0) is 28.8 Å². The van der Waals surface area contributed by atoms with E-state index in [-0.39, 0.29) is 12.1 Å². The summed E-state index contributed by atoms with van der Waals surface area (Å²) >= 11 is 1.75. The predicted octanol–water partition coefficient (Wildman–Crippen LogP) is 5.37. The highest BCUT2D eigenvalue weighted by molar-refractivity contribution is 8.13. The molecule has 0 saturated carbocycles. The predicted molar refractivity (Wildman–Crippen MR) is 113 cm³/mol. The second kappa shape index (κ2) is 8.31. The third-order valence-electron chi connectivity index (χ3n) is 4.69. The molecule has 0 spiro atoms. The van der Waals surface area contributed by atoms with Crippen molar-refractivity contribution in [1.82, 2.24) is 5.32 Å². The van der Waals surface area contributed by atoms with Crippen LogP contribution in [0.5, 0.6) is 5.75 Å². The van der Waals surface area contributed by atoms with E-state index in [1.54, 1.807) is 18.9 Å². The van der Waals surface area contributed by atoms with E-state index in [2.05, 4.69) is 72.0 Å². The summed E-state index contributed by atoms with van der Waals surface area (Å²) in [7, 11) is 1.69. The Kier molecular flexibility index (Phi) is 5.45. The summed E-state index contributed by atoms with van der Waals surface area (Å²) in [5.41, 5.74) is 3.75. The number of benzene rings is 3. The van der Waals surface area contributed by atoms with Crippen LogP contribution in [0, 0.1) is 0 Å². The molecule has 0 aliphatic carbocycles. The minimum Gasteiger partial charge on any atom is -0.497 e. The first-order valence-electron chi connectivity index (χ1n) is 9.03. The fourth-order valence-electron chi connectivity index (χ4n) is 3.25. The van der Waals surface area contributed by atoms with E-state index in [0.29, 0.717) is 0 Å². The highest BCUT2D eigenvalue weighted by Gasteiger charge is 2.31. The molecule has 0 saturated heterocycles. The maximum Gasteiger partial charge on any atom is 0.158 e. The van der Waals surface area contributed by atoms with Crippen LogP contribution >= 0.6 is 11.8 Å². The largest absolute Gasteiger partial charge is 0.497 e. The molecule has 0 bridgehead atoms. The average molecular weight is 375 g/mol. The van der Waals surface area contributed by atoms with Gasteiger partial charge in [0.25, 0.3) is 0 Å². The normalized spacial score (nSPS) is 18.6. The Morgan fingerprint density at radius 1 is 0.852 bits per heavy atom. The second-order valence-corrected chi connectivity index (χ2v) is 7.42. The topological polar surface area (TPSA) is 33.6 Å². The summed E-state index contributed by atoms with van der Waals surface area (Å²) in [4.78, 5) is 5.01. The van der Waals surface area contributed by atoms with Crippen molar-refractivity contribution in [2.24, 2.45) is 4.99 Å². The number of ether oxygens (including phenoxy) is 1. The van der Waals surface area contributed by atoms with Crippen LogP contribution in [0.3, 0.4) is 0 Å². The number of rotatable bonds is 5. The van der Waals surface area contributed by atoms with Gasteiger partial charge in [0.1, 0.15) is 11.8 Å². The average Bonchev–Trinajstić information content (AvgIpc) is 3.18. The quantitative estimate of drug-likeness (QED) is 0.652. The minimum atomic E-state index is 0.0898. The molecule has 3 nitrogen and oxygen atoms in total. The number of aliphatic imine (C=N–C) groups is 1. The number of methoxy groups -OCH3 is 1. The molecular weight excluding hydrogens is 352 g/mol. The van der Waals surface area contributed by atoms with E-state index < -0.39 is 0 Å². The molecule has 4 rings (SSSR count). The summed E-state index contributed by atoms with van der Waals surface area (Å²) in [6.07, 6.45) is 0. The summed E-state index contributed by atoms with van der Waals surface area (Å²) in [5, 5.41) is 4.63. The third-order valence-corrected chi connectivity index (χ3v) is 5.66. The van der Waals surface area contributed by atoms with E-state index in [4.69, 9.17) is 9.73 Å². The zero-order chi connectivity index (χ0) is 18.5. The number of thioether (sulfide) groups is 1. The molecule has 1 N–H and O–H groups in total. The lowest BCUT2D eigenvalue weighted by Crippen LogP contribution is -2.22. The van der Waals surface area contributed by atoms with Gasteiger partial charge in [0.15, 0.2) is 5.17 Å². The molecule has 3 aromatic rings. The number of hydrogen-bond acceptors (Lipinski definition) is 4. The van der Waals surface area contributed by atoms with Crippen LogP contribution in [0.2, 0.25) is 0 Å². The first-order chi connectivity index (χ1) is 13.3. The van der Waals surface area contributed by atoms with Crippen molar-refractivity contribution >= 4 is 16.9 Å². The Bertz CT molecular complexity index is 895. The Balaban J connectivity index is 1.52. The Morgan fingerprint density at radius 2 is 1.48 bits per heavy atom. The number of nitrogens with one attached hydrogen (secondary N) is 1. The molecule has 1 heterocycles. The van der Waals surface area contributed by atoms with E-state index in [9.17, 15) is 0 Å². The van der Waals surface area contributed by atoms with Gasteiger partial charge < -0.3 is 10.1 Å². The third kappa shape index (κ3) is 4.17. The van der Waals surface area contributed by atoms with Gasteiger partial charge in [-0.3, -0.25) is 4.99 Å². The SMILES string of the molecule is COc1ccc(CSC2=NC(c3ccccc3)C(c3ccccc3)N2)cc1. The van der Waals surface area contributed by atoms with E-state index in [1.807, 2.05) is 18.2 Å². The monoisotopic (exact) mass is 374 g/mol. The number of amidine groups is 1. The molecule has 0 radical (unpaired) electrons. The minimum absolute atomic E-state index is 0.0898. The van der Waals surface area contributed by atoms with Crippen LogP contribution in [0.25, 0.3) is 0 Å². The molecule has 3 aromatic carbocycles. The maximum absolute atomic E-state index is 5.23.